The van der Waals surface area contributed by atoms with Gasteiger partial charge in [0.1, 0.15) is 5.82 Å². The number of benzene rings is 1. The summed E-state index contributed by atoms with van der Waals surface area (Å²) in [4.78, 5) is 31.5. The van der Waals surface area contributed by atoms with Crippen LogP contribution in [-0.2, 0) is 4.79 Å². The first-order chi connectivity index (χ1) is 18.2. The molecule has 3 atom stereocenters. The van der Waals surface area contributed by atoms with Crippen molar-refractivity contribution in [3.05, 3.63) is 69.6 Å². The average molecular weight is 541 g/mol. The summed E-state index contributed by atoms with van der Waals surface area (Å²) in [7, 11) is 0. The average Bonchev–Trinajstić information content (AvgIpc) is 3.31. The highest BCUT2D eigenvalue weighted by Gasteiger charge is 2.52. The van der Waals surface area contributed by atoms with Crippen molar-refractivity contribution in [3.63, 3.8) is 0 Å². The third-order valence-electron chi connectivity index (χ3n) is 8.12. The van der Waals surface area contributed by atoms with E-state index in [1.807, 2.05) is 19.9 Å². The maximum absolute atomic E-state index is 13.4. The molecule has 2 aromatic heterocycles. The Morgan fingerprint density at radius 3 is 2.66 bits per heavy atom. The minimum absolute atomic E-state index is 0.0115. The van der Waals surface area contributed by atoms with Crippen LogP contribution < -0.4 is 10.2 Å². The Morgan fingerprint density at radius 1 is 1.18 bits per heavy atom. The number of alkyl halides is 2. The van der Waals surface area contributed by atoms with Crippen LogP contribution in [0.5, 0.6) is 0 Å². The number of carbonyl (C=O) groups excluding carboxylic acids is 2. The van der Waals surface area contributed by atoms with E-state index < -0.39 is 6.43 Å². The number of hydrogen-bond donors (Lipinski definition) is 1. The lowest BCUT2D eigenvalue weighted by Gasteiger charge is -2.37. The molecule has 1 aromatic carbocycles. The lowest BCUT2D eigenvalue weighted by atomic mass is 9.74. The number of hydrogen-bond acceptors (Lipinski definition) is 5. The van der Waals surface area contributed by atoms with Gasteiger partial charge in [0.05, 0.1) is 12.2 Å². The van der Waals surface area contributed by atoms with Crippen molar-refractivity contribution in [1.82, 2.24) is 25.3 Å². The monoisotopic (exact) mass is 540 g/mol. The van der Waals surface area contributed by atoms with Gasteiger partial charge in [-0.05, 0) is 79.8 Å². The van der Waals surface area contributed by atoms with Crippen molar-refractivity contribution in [3.8, 4) is 0 Å². The summed E-state index contributed by atoms with van der Waals surface area (Å²) >= 11 is 6.03. The Hall–Kier alpha value is -3.40. The summed E-state index contributed by atoms with van der Waals surface area (Å²) in [6, 6.07) is 5.98. The molecule has 38 heavy (non-hydrogen) atoms. The molecular weight excluding hydrogens is 514 g/mol. The topological polar surface area (TPSA) is 93.0 Å². The van der Waals surface area contributed by atoms with Crippen LogP contribution in [0.1, 0.15) is 77.3 Å². The highest BCUT2D eigenvalue weighted by molar-refractivity contribution is 6.30. The van der Waals surface area contributed by atoms with Crippen LogP contribution in [0.4, 0.5) is 14.6 Å². The van der Waals surface area contributed by atoms with Gasteiger partial charge in [-0.1, -0.05) is 22.9 Å². The summed E-state index contributed by atoms with van der Waals surface area (Å²) in [5, 5.41) is 11.5. The van der Waals surface area contributed by atoms with Gasteiger partial charge in [-0.25, -0.2) is 18.4 Å². The van der Waals surface area contributed by atoms with Crippen molar-refractivity contribution in [2.75, 3.05) is 11.4 Å². The fourth-order valence-corrected chi connectivity index (χ4v) is 5.86. The number of halogens is 3. The van der Waals surface area contributed by atoms with Crippen LogP contribution in [0.3, 0.4) is 0 Å². The molecule has 0 radical (unpaired) electrons. The van der Waals surface area contributed by atoms with Gasteiger partial charge in [0, 0.05) is 35.3 Å². The van der Waals surface area contributed by atoms with E-state index >= 15 is 0 Å². The number of aromatic nitrogens is 4. The number of piperidine rings is 1. The minimum atomic E-state index is -2.57. The van der Waals surface area contributed by atoms with Gasteiger partial charge in [-0.15, -0.1) is 5.10 Å². The van der Waals surface area contributed by atoms with Gasteiger partial charge in [-0.3, -0.25) is 14.5 Å². The molecule has 3 aromatic rings. The smallest absolute Gasteiger partial charge is 0.273 e. The number of amides is 2. The fraction of sp³-hybridized carbons (Fsp3) is 0.444. The highest BCUT2D eigenvalue weighted by Crippen LogP contribution is 2.47. The van der Waals surface area contributed by atoms with Crippen LogP contribution >= 0.6 is 11.6 Å². The summed E-state index contributed by atoms with van der Waals surface area (Å²) in [6.45, 7) is 4.65. The Balaban J connectivity index is 1.08. The highest BCUT2D eigenvalue weighted by atomic mass is 35.5. The Labute approximate surface area is 223 Å². The van der Waals surface area contributed by atoms with Crippen molar-refractivity contribution in [2.45, 2.75) is 57.5 Å². The molecule has 0 spiro atoms. The van der Waals surface area contributed by atoms with Crippen molar-refractivity contribution < 1.29 is 18.4 Å². The van der Waals surface area contributed by atoms with E-state index in [0.717, 1.165) is 24.1 Å². The molecule has 1 saturated heterocycles. The molecule has 3 aliphatic rings. The molecular formula is C27H27ClF2N6O2. The summed E-state index contributed by atoms with van der Waals surface area (Å²) < 4.78 is 28.4. The molecule has 198 valence electrons. The quantitative estimate of drug-likeness (QED) is 0.463. The Bertz CT molecular complexity index is 1420. The largest absolute Gasteiger partial charge is 0.348 e. The number of pyridine rings is 1. The number of rotatable bonds is 7. The third kappa shape index (κ3) is 4.44. The molecule has 11 heteroatoms. The van der Waals surface area contributed by atoms with Gasteiger partial charge in [0.2, 0.25) is 5.91 Å². The number of anilines is 1. The van der Waals surface area contributed by atoms with Crippen LogP contribution in [-0.4, -0.2) is 44.4 Å². The van der Waals surface area contributed by atoms with Crippen molar-refractivity contribution in [1.29, 1.82) is 0 Å². The second-order valence-electron chi connectivity index (χ2n) is 10.6. The zero-order valence-corrected chi connectivity index (χ0v) is 21.7. The molecule has 2 amide bonds. The van der Waals surface area contributed by atoms with E-state index in [0.29, 0.717) is 35.2 Å². The zero-order chi connectivity index (χ0) is 26.7. The fourth-order valence-electron chi connectivity index (χ4n) is 5.68. The summed E-state index contributed by atoms with van der Waals surface area (Å²) in [5.41, 5.74) is 2.60. The Kier molecular flexibility index (Phi) is 6.17. The normalized spacial score (nSPS) is 24.8. The first kappa shape index (κ1) is 24.9. The van der Waals surface area contributed by atoms with Gasteiger partial charge in [0.25, 0.3) is 12.3 Å². The summed E-state index contributed by atoms with van der Waals surface area (Å²) in [6.07, 6.45) is 2.87. The van der Waals surface area contributed by atoms with Gasteiger partial charge in [0.15, 0.2) is 5.69 Å². The van der Waals surface area contributed by atoms with E-state index in [1.54, 1.807) is 28.0 Å². The predicted octanol–water partition coefficient (Wildman–Crippen LogP) is 4.84. The molecule has 3 heterocycles. The number of nitrogens with one attached hydrogen (secondary N) is 1. The lowest BCUT2D eigenvalue weighted by Crippen LogP contribution is -2.43. The van der Waals surface area contributed by atoms with Crippen LogP contribution in [0.2, 0.25) is 5.02 Å². The molecule has 2 aliphatic carbocycles. The second kappa shape index (κ2) is 9.41. The molecule has 3 fully saturated rings. The van der Waals surface area contributed by atoms with E-state index in [2.05, 4.69) is 20.6 Å². The van der Waals surface area contributed by atoms with E-state index in [9.17, 15) is 18.4 Å². The van der Waals surface area contributed by atoms with Crippen LogP contribution in [0.15, 0.2) is 36.7 Å². The molecule has 0 unspecified atom stereocenters. The maximum Gasteiger partial charge on any atom is 0.273 e. The lowest BCUT2D eigenvalue weighted by molar-refractivity contribution is -0.118. The summed E-state index contributed by atoms with van der Waals surface area (Å²) in [5.74, 6) is 1.04. The van der Waals surface area contributed by atoms with Crippen molar-refractivity contribution >= 4 is 29.2 Å². The molecule has 6 rings (SSSR count). The van der Waals surface area contributed by atoms with Crippen LogP contribution in [0.25, 0.3) is 0 Å². The Morgan fingerprint density at radius 2 is 1.97 bits per heavy atom. The SMILES string of the molecule is Cc1cc(N2C[C@H]3C[C@H]3C2=O)ncc1[C@H](C)n1cc(C(=O)NC2CC(c3cc(Cl)ccc3C(F)F)C2)nn1. The molecule has 2 saturated carbocycles. The minimum Gasteiger partial charge on any atom is -0.348 e. The zero-order valence-electron chi connectivity index (χ0n) is 20.9. The first-order valence-corrected chi connectivity index (χ1v) is 13.2. The maximum atomic E-state index is 13.4. The standard InChI is InChI=1S/C27H27ClF2N6O2/c1-13-5-24(35-11-16-8-21(16)27(35)38)31-10-22(13)14(2)36-12-23(33-34-36)26(37)32-18-6-15(7-18)20-9-17(28)3-4-19(20)25(29)30/h3-5,9-10,12,14-16,18,21,25H,6-8,11H2,1-2H3,(H,32,37)/t14-,15?,16+,18?,21+/m0/s1. The van der Waals surface area contributed by atoms with Gasteiger partial charge >= 0.3 is 0 Å². The van der Waals surface area contributed by atoms with Crippen molar-refractivity contribution in [2.24, 2.45) is 11.8 Å². The first-order valence-electron chi connectivity index (χ1n) is 12.8. The molecule has 1 N–H and O–H groups in total. The van der Waals surface area contributed by atoms with E-state index in [4.69, 9.17) is 11.6 Å². The van der Waals surface area contributed by atoms with Gasteiger partial charge in [-0.2, -0.15) is 0 Å². The van der Waals surface area contributed by atoms with Crippen LogP contribution in [0, 0.1) is 18.8 Å². The molecule has 0 bridgehead atoms. The number of carbonyl (C=O) groups is 2. The number of nitrogens with zero attached hydrogens (tertiary/aromatic N) is 5. The second-order valence-corrected chi connectivity index (χ2v) is 11.1. The predicted molar refractivity (Wildman–Crippen MR) is 136 cm³/mol. The third-order valence-corrected chi connectivity index (χ3v) is 8.36. The van der Waals surface area contributed by atoms with E-state index in [-0.39, 0.29) is 47.0 Å². The molecule has 1 aliphatic heterocycles. The molecule has 8 nitrogen and oxygen atoms in total. The van der Waals surface area contributed by atoms with Gasteiger partial charge < -0.3 is 5.32 Å². The number of aryl methyl sites for hydroxylation is 1. The number of fused-ring (bicyclic) bond motifs is 1. The van der Waals surface area contributed by atoms with E-state index in [1.165, 1.54) is 12.1 Å².